The van der Waals surface area contributed by atoms with Crippen LogP contribution in [0.15, 0.2) is 42.7 Å². The summed E-state index contributed by atoms with van der Waals surface area (Å²) in [6, 6.07) is 10.6. The van der Waals surface area contributed by atoms with Gasteiger partial charge in [0.25, 0.3) is 5.91 Å². The Morgan fingerprint density at radius 2 is 2.06 bits per heavy atom. The molecule has 2 aromatic rings. The number of nitriles is 1. The van der Waals surface area contributed by atoms with Crippen molar-refractivity contribution in [3.05, 3.63) is 48.3 Å². The van der Waals surface area contributed by atoms with Gasteiger partial charge in [0.2, 0.25) is 0 Å². The minimum absolute atomic E-state index is 0.0324. The highest BCUT2D eigenvalue weighted by atomic mass is 16.1. The molecule has 0 aliphatic rings. The highest BCUT2D eigenvalue weighted by Gasteiger charge is 2.13. The molecule has 2 heterocycles. The maximum atomic E-state index is 11.9. The maximum absolute atomic E-state index is 11.9. The lowest BCUT2D eigenvalue weighted by molar-refractivity contribution is 0.0959. The Morgan fingerprint density at radius 1 is 1.22 bits per heavy atom. The molecule has 1 N–H and O–H groups in total. The third-order valence-electron chi connectivity index (χ3n) is 2.29. The van der Waals surface area contributed by atoms with Gasteiger partial charge >= 0.3 is 0 Å². The van der Waals surface area contributed by atoms with E-state index in [1.54, 1.807) is 36.7 Å². The lowest BCUT2D eigenvalue weighted by Gasteiger charge is -2.06. The molecular weight excluding hydrogens is 228 g/mol. The van der Waals surface area contributed by atoms with Crippen molar-refractivity contribution in [2.45, 2.75) is 0 Å². The van der Waals surface area contributed by atoms with Gasteiger partial charge in [-0.15, -0.1) is 0 Å². The van der Waals surface area contributed by atoms with Gasteiger partial charge in [-0.25, -0.2) is 0 Å². The van der Waals surface area contributed by atoms with Gasteiger partial charge in [0.15, 0.2) is 0 Å². The predicted octanol–water partition coefficient (Wildman–Crippen LogP) is 1.40. The molecule has 0 radical (unpaired) electrons. The van der Waals surface area contributed by atoms with Crippen molar-refractivity contribution in [1.29, 1.82) is 5.26 Å². The minimum Gasteiger partial charge on any atom is -0.339 e. The molecule has 18 heavy (non-hydrogen) atoms. The summed E-state index contributed by atoms with van der Waals surface area (Å²) in [5.74, 6) is -0.328. The van der Waals surface area contributed by atoms with Gasteiger partial charge in [-0.3, -0.25) is 14.8 Å². The van der Waals surface area contributed by atoms with Crippen LogP contribution in [0.5, 0.6) is 0 Å². The highest BCUT2D eigenvalue weighted by molar-refractivity contribution is 5.99. The van der Waals surface area contributed by atoms with Crippen LogP contribution in [0.2, 0.25) is 0 Å². The van der Waals surface area contributed by atoms with Crippen molar-refractivity contribution in [3.63, 3.8) is 0 Å². The highest BCUT2D eigenvalue weighted by Crippen LogP contribution is 2.18. The molecule has 0 aliphatic carbocycles. The Labute approximate surface area is 104 Å². The molecular formula is C13H10N4O. The molecule has 0 atom stereocenters. The Kier molecular flexibility index (Phi) is 3.62. The van der Waals surface area contributed by atoms with E-state index in [4.69, 9.17) is 5.26 Å². The Hall–Kier alpha value is -2.74. The summed E-state index contributed by atoms with van der Waals surface area (Å²) in [7, 11) is 0. The molecule has 5 heteroatoms. The van der Waals surface area contributed by atoms with Gasteiger partial charge in [-0.2, -0.15) is 5.26 Å². The van der Waals surface area contributed by atoms with E-state index < -0.39 is 0 Å². The van der Waals surface area contributed by atoms with Crippen LogP contribution in [-0.4, -0.2) is 22.4 Å². The topological polar surface area (TPSA) is 78.7 Å². The Balaban J connectivity index is 2.38. The van der Waals surface area contributed by atoms with E-state index in [1.807, 2.05) is 12.1 Å². The predicted molar refractivity (Wildman–Crippen MR) is 65.4 cm³/mol. The van der Waals surface area contributed by atoms with Crippen LogP contribution in [0.1, 0.15) is 10.4 Å². The van der Waals surface area contributed by atoms with Crippen molar-refractivity contribution in [2.24, 2.45) is 0 Å². The van der Waals surface area contributed by atoms with Gasteiger partial charge in [0, 0.05) is 12.4 Å². The van der Waals surface area contributed by atoms with Crippen molar-refractivity contribution < 1.29 is 4.79 Å². The first-order chi connectivity index (χ1) is 8.83. The second-order valence-corrected chi connectivity index (χ2v) is 3.46. The second-order valence-electron chi connectivity index (χ2n) is 3.46. The van der Waals surface area contributed by atoms with E-state index in [0.717, 1.165) is 0 Å². The molecule has 2 rings (SSSR count). The standard InChI is InChI=1S/C13H10N4O/c14-6-9-17-13(18)10-4-3-8-16-12(10)11-5-1-2-7-15-11/h1-5,7-8H,9H2,(H,17,18). The quantitative estimate of drug-likeness (QED) is 0.820. The number of hydrogen-bond donors (Lipinski definition) is 1. The summed E-state index contributed by atoms with van der Waals surface area (Å²) >= 11 is 0. The zero-order chi connectivity index (χ0) is 12.8. The van der Waals surface area contributed by atoms with Crippen molar-refractivity contribution in [2.75, 3.05) is 6.54 Å². The average Bonchev–Trinajstić information content (AvgIpc) is 2.45. The fourth-order valence-corrected chi connectivity index (χ4v) is 1.51. The lowest BCUT2D eigenvalue weighted by atomic mass is 10.1. The second kappa shape index (κ2) is 5.55. The van der Waals surface area contributed by atoms with Gasteiger partial charge in [0.05, 0.1) is 17.3 Å². The fraction of sp³-hybridized carbons (Fsp3) is 0.0769. The fourth-order valence-electron chi connectivity index (χ4n) is 1.51. The molecule has 0 fully saturated rings. The zero-order valence-electron chi connectivity index (χ0n) is 9.50. The molecule has 1 amide bonds. The Bertz CT molecular complexity index is 589. The van der Waals surface area contributed by atoms with Crippen LogP contribution in [0.25, 0.3) is 11.4 Å². The molecule has 0 spiro atoms. The summed E-state index contributed by atoms with van der Waals surface area (Å²) in [6.45, 7) is -0.0324. The van der Waals surface area contributed by atoms with Crippen molar-refractivity contribution >= 4 is 5.91 Å². The summed E-state index contributed by atoms with van der Waals surface area (Å²) in [4.78, 5) is 20.2. The smallest absolute Gasteiger partial charge is 0.254 e. The number of nitrogens with zero attached hydrogens (tertiary/aromatic N) is 3. The van der Waals surface area contributed by atoms with Crippen molar-refractivity contribution in [3.8, 4) is 17.5 Å². The first-order valence-electron chi connectivity index (χ1n) is 5.34. The molecule has 5 nitrogen and oxygen atoms in total. The Morgan fingerprint density at radius 3 is 2.78 bits per heavy atom. The number of carbonyl (C=O) groups is 1. The van der Waals surface area contributed by atoms with E-state index in [1.165, 1.54) is 0 Å². The van der Waals surface area contributed by atoms with Crippen LogP contribution >= 0.6 is 0 Å². The average molecular weight is 238 g/mol. The largest absolute Gasteiger partial charge is 0.339 e. The monoisotopic (exact) mass is 238 g/mol. The number of amides is 1. The lowest BCUT2D eigenvalue weighted by Crippen LogP contribution is -2.24. The molecule has 0 saturated heterocycles. The molecule has 0 aliphatic heterocycles. The summed E-state index contributed by atoms with van der Waals surface area (Å²) in [5.41, 5.74) is 1.54. The van der Waals surface area contributed by atoms with Crippen LogP contribution in [0.4, 0.5) is 0 Å². The number of aromatic nitrogens is 2. The van der Waals surface area contributed by atoms with Crippen molar-refractivity contribution in [1.82, 2.24) is 15.3 Å². The van der Waals surface area contributed by atoms with Gasteiger partial charge in [-0.1, -0.05) is 6.07 Å². The maximum Gasteiger partial charge on any atom is 0.254 e. The van der Waals surface area contributed by atoms with E-state index in [-0.39, 0.29) is 12.5 Å². The molecule has 88 valence electrons. The molecule has 0 unspecified atom stereocenters. The van der Waals surface area contributed by atoms with Gasteiger partial charge in [0.1, 0.15) is 12.2 Å². The molecule has 0 saturated carbocycles. The third-order valence-corrected chi connectivity index (χ3v) is 2.29. The van der Waals surface area contributed by atoms with E-state index in [9.17, 15) is 4.79 Å². The molecule has 2 aromatic heterocycles. The van der Waals surface area contributed by atoms with Gasteiger partial charge < -0.3 is 5.32 Å². The van der Waals surface area contributed by atoms with E-state index in [0.29, 0.717) is 17.0 Å². The SMILES string of the molecule is N#CCNC(=O)c1cccnc1-c1ccccn1. The normalized spacial score (nSPS) is 9.50. The molecule has 0 aromatic carbocycles. The number of nitrogens with one attached hydrogen (secondary N) is 1. The summed E-state index contributed by atoms with van der Waals surface area (Å²) < 4.78 is 0. The third kappa shape index (κ3) is 2.50. The first kappa shape index (κ1) is 11.7. The minimum atomic E-state index is -0.328. The van der Waals surface area contributed by atoms with Crippen LogP contribution in [0, 0.1) is 11.3 Å². The van der Waals surface area contributed by atoms with Gasteiger partial charge in [-0.05, 0) is 24.3 Å². The van der Waals surface area contributed by atoms with Crippen LogP contribution < -0.4 is 5.32 Å². The summed E-state index contributed by atoms with van der Waals surface area (Å²) in [6.07, 6.45) is 3.24. The summed E-state index contributed by atoms with van der Waals surface area (Å²) in [5, 5.41) is 10.9. The van der Waals surface area contributed by atoms with Crippen LogP contribution in [-0.2, 0) is 0 Å². The first-order valence-corrected chi connectivity index (χ1v) is 5.34. The zero-order valence-corrected chi connectivity index (χ0v) is 9.50. The van der Waals surface area contributed by atoms with E-state index >= 15 is 0 Å². The number of hydrogen-bond acceptors (Lipinski definition) is 4. The van der Waals surface area contributed by atoms with E-state index in [2.05, 4.69) is 15.3 Å². The molecule has 0 bridgehead atoms. The van der Waals surface area contributed by atoms with Crippen LogP contribution in [0.3, 0.4) is 0 Å². The number of carbonyl (C=O) groups excluding carboxylic acids is 1. The number of pyridine rings is 2. The number of rotatable bonds is 3.